The maximum absolute atomic E-state index is 12.6. The van der Waals surface area contributed by atoms with Gasteiger partial charge in [-0.05, 0) is 34.6 Å². The third-order valence-electron chi connectivity index (χ3n) is 3.53. The summed E-state index contributed by atoms with van der Waals surface area (Å²) in [6.45, 7) is 8.09. The van der Waals surface area contributed by atoms with Gasteiger partial charge in [-0.2, -0.15) is 0 Å². The fraction of sp³-hybridized carbons (Fsp3) is 0.526. The van der Waals surface area contributed by atoms with Crippen LogP contribution in [0.15, 0.2) is 30.3 Å². The molecule has 2 rings (SSSR count). The lowest BCUT2D eigenvalue weighted by Crippen LogP contribution is -2.42. The Morgan fingerprint density at radius 1 is 1.04 bits per heavy atom. The van der Waals surface area contributed by atoms with Crippen LogP contribution in [-0.4, -0.2) is 46.6 Å². The summed E-state index contributed by atoms with van der Waals surface area (Å²) in [5.74, 6) is -4.40. The van der Waals surface area contributed by atoms with E-state index in [1.807, 2.05) is 0 Å². The third kappa shape index (κ3) is 5.51. The average Bonchev–Trinajstić information content (AvgIpc) is 2.87. The van der Waals surface area contributed by atoms with Crippen molar-refractivity contribution in [2.75, 3.05) is 0 Å². The highest BCUT2D eigenvalue weighted by molar-refractivity contribution is 5.88. The number of carboxylic acid groups (broad SMARTS) is 1. The standard InChI is InChI=1S/C19H24O8/c1-18(2,3)27-17(23)14-13(25-19(4,5)26-14)16(22)24-12(15(20)21)11-9-7-6-8-10-11/h6-10,12-14H,1-5H3,(H,20,21)/t12-,13+,14+/m0/s1. The van der Waals surface area contributed by atoms with Crippen LogP contribution in [0, 0.1) is 0 Å². The Bertz CT molecular complexity index is 704. The maximum atomic E-state index is 12.6. The number of rotatable bonds is 5. The molecule has 8 nitrogen and oxygen atoms in total. The van der Waals surface area contributed by atoms with Crippen LogP contribution in [0.25, 0.3) is 0 Å². The molecule has 0 saturated carbocycles. The number of ether oxygens (including phenoxy) is 4. The summed E-state index contributed by atoms with van der Waals surface area (Å²) >= 11 is 0. The van der Waals surface area contributed by atoms with Crippen molar-refractivity contribution in [3.63, 3.8) is 0 Å². The van der Waals surface area contributed by atoms with Crippen LogP contribution in [0.5, 0.6) is 0 Å². The van der Waals surface area contributed by atoms with Crippen molar-refractivity contribution < 1.29 is 38.4 Å². The van der Waals surface area contributed by atoms with E-state index < -0.39 is 47.6 Å². The van der Waals surface area contributed by atoms with Gasteiger partial charge in [0.2, 0.25) is 6.10 Å². The lowest BCUT2D eigenvalue weighted by atomic mass is 10.1. The number of hydrogen-bond donors (Lipinski definition) is 1. The van der Waals surface area contributed by atoms with Crippen LogP contribution in [-0.2, 0) is 33.3 Å². The molecule has 0 unspecified atom stereocenters. The van der Waals surface area contributed by atoms with E-state index in [-0.39, 0.29) is 5.56 Å². The molecule has 148 valence electrons. The summed E-state index contributed by atoms with van der Waals surface area (Å²) in [6.07, 6.45) is -4.34. The van der Waals surface area contributed by atoms with Crippen molar-refractivity contribution in [3.05, 3.63) is 35.9 Å². The Kier molecular flexibility index (Phi) is 5.91. The number of carbonyl (C=O) groups is 3. The van der Waals surface area contributed by atoms with E-state index in [0.717, 1.165) is 0 Å². The monoisotopic (exact) mass is 380 g/mol. The molecule has 8 heteroatoms. The van der Waals surface area contributed by atoms with Crippen LogP contribution >= 0.6 is 0 Å². The highest BCUT2D eigenvalue weighted by Crippen LogP contribution is 2.32. The predicted molar refractivity (Wildman–Crippen MR) is 92.6 cm³/mol. The summed E-state index contributed by atoms with van der Waals surface area (Å²) in [7, 11) is 0. The van der Waals surface area contributed by atoms with Gasteiger partial charge in [0, 0.05) is 5.56 Å². The lowest BCUT2D eigenvalue weighted by Gasteiger charge is -2.23. The van der Waals surface area contributed by atoms with Gasteiger partial charge in [0.25, 0.3) is 0 Å². The van der Waals surface area contributed by atoms with Gasteiger partial charge >= 0.3 is 17.9 Å². The molecule has 0 amide bonds. The molecular formula is C19H24O8. The summed E-state index contributed by atoms with van der Waals surface area (Å²) in [5, 5.41) is 9.41. The van der Waals surface area contributed by atoms with Crippen LogP contribution in [0.4, 0.5) is 0 Å². The Morgan fingerprint density at radius 2 is 1.56 bits per heavy atom. The number of aliphatic carboxylic acids is 1. The molecule has 1 aliphatic rings. The predicted octanol–water partition coefficient (Wildman–Crippen LogP) is 2.22. The van der Waals surface area contributed by atoms with Crippen molar-refractivity contribution in [1.29, 1.82) is 0 Å². The topological polar surface area (TPSA) is 108 Å². The molecule has 0 aromatic heterocycles. The minimum Gasteiger partial charge on any atom is -0.478 e. The minimum atomic E-state index is -1.54. The molecule has 1 fully saturated rings. The lowest BCUT2D eigenvalue weighted by molar-refractivity contribution is -0.181. The fourth-order valence-electron chi connectivity index (χ4n) is 2.54. The largest absolute Gasteiger partial charge is 0.478 e. The molecule has 1 aromatic carbocycles. The van der Waals surface area contributed by atoms with Gasteiger partial charge in [-0.1, -0.05) is 30.3 Å². The van der Waals surface area contributed by atoms with E-state index in [9.17, 15) is 19.5 Å². The smallest absolute Gasteiger partial charge is 0.349 e. The fourth-order valence-corrected chi connectivity index (χ4v) is 2.54. The Hall–Kier alpha value is -2.45. The molecule has 1 aliphatic heterocycles. The number of benzene rings is 1. The van der Waals surface area contributed by atoms with Crippen molar-refractivity contribution in [3.8, 4) is 0 Å². The van der Waals surface area contributed by atoms with Crippen LogP contribution in [0.3, 0.4) is 0 Å². The first kappa shape index (κ1) is 20.9. The summed E-state index contributed by atoms with van der Waals surface area (Å²) in [5.41, 5.74) is -0.514. The van der Waals surface area contributed by atoms with E-state index >= 15 is 0 Å². The molecule has 0 aliphatic carbocycles. The summed E-state index contributed by atoms with van der Waals surface area (Å²) in [4.78, 5) is 36.5. The van der Waals surface area contributed by atoms with Crippen molar-refractivity contribution in [2.24, 2.45) is 0 Å². The zero-order valence-corrected chi connectivity index (χ0v) is 15.9. The maximum Gasteiger partial charge on any atom is 0.349 e. The number of carboxylic acids is 1. The van der Waals surface area contributed by atoms with Crippen LogP contribution < -0.4 is 0 Å². The van der Waals surface area contributed by atoms with Gasteiger partial charge in [-0.15, -0.1) is 0 Å². The molecule has 0 bridgehead atoms. The van der Waals surface area contributed by atoms with Gasteiger partial charge in [0.15, 0.2) is 18.0 Å². The first-order chi connectivity index (χ1) is 12.4. The Labute approximate surface area is 157 Å². The van der Waals surface area contributed by atoms with Crippen molar-refractivity contribution in [1.82, 2.24) is 0 Å². The normalized spacial score (nSPS) is 22.7. The second kappa shape index (κ2) is 7.66. The number of esters is 2. The van der Waals surface area contributed by atoms with Gasteiger partial charge in [0.05, 0.1) is 0 Å². The minimum absolute atomic E-state index is 0.283. The van der Waals surface area contributed by atoms with Crippen molar-refractivity contribution >= 4 is 17.9 Å². The molecule has 27 heavy (non-hydrogen) atoms. The second-order valence-electron chi connectivity index (χ2n) is 7.58. The van der Waals surface area contributed by atoms with E-state index in [2.05, 4.69) is 0 Å². The second-order valence-corrected chi connectivity index (χ2v) is 7.58. The molecule has 3 atom stereocenters. The molecular weight excluding hydrogens is 356 g/mol. The first-order valence-electron chi connectivity index (χ1n) is 8.46. The van der Waals surface area contributed by atoms with E-state index in [4.69, 9.17) is 18.9 Å². The molecule has 1 aromatic rings. The average molecular weight is 380 g/mol. The number of hydrogen-bond acceptors (Lipinski definition) is 7. The SMILES string of the molecule is CC(C)(C)OC(=O)[C@@H]1OC(C)(C)O[C@H]1C(=O)O[C@H](C(=O)O)c1ccccc1. The highest BCUT2D eigenvalue weighted by atomic mass is 16.8. The van der Waals surface area contributed by atoms with Gasteiger partial charge in [-0.3, -0.25) is 0 Å². The summed E-state index contributed by atoms with van der Waals surface area (Å²) in [6, 6.07) is 8.00. The molecule has 0 spiro atoms. The van der Waals surface area contributed by atoms with Crippen molar-refractivity contribution in [2.45, 2.75) is 64.3 Å². The molecule has 1 N–H and O–H groups in total. The van der Waals surface area contributed by atoms with Gasteiger partial charge in [0.1, 0.15) is 5.60 Å². The first-order valence-corrected chi connectivity index (χ1v) is 8.46. The quantitative estimate of drug-likeness (QED) is 0.775. The van der Waals surface area contributed by atoms with Gasteiger partial charge in [-0.25, -0.2) is 14.4 Å². The van der Waals surface area contributed by atoms with Gasteiger partial charge < -0.3 is 24.1 Å². The zero-order valence-electron chi connectivity index (χ0n) is 15.9. The molecule has 0 radical (unpaired) electrons. The molecule has 1 heterocycles. The Balaban J connectivity index is 2.21. The Morgan fingerprint density at radius 3 is 2.04 bits per heavy atom. The highest BCUT2D eigenvalue weighted by Gasteiger charge is 2.52. The van der Waals surface area contributed by atoms with Crippen LogP contribution in [0.1, 0.15) is 46.3 Å². The molecule has 1 saturated heterocycles. The zero-order chi connectivity index (χ0) is 20.4. The van der Waals surface area contributed by atoms with E-state index in [1.54, 1.807) is 39.0 Å². The van der Waals surface area contributed by atoms with E-state index in [1.165, 1.54) is 26.0 Å². The third-order valence-corrected chi connectivity index (χ3v) is 3.53. The number of carbonyl (C=O) groups excluding carboxylic acids is 2. The van der Waals surface area contributed by atoms with Crippen LogP contribution in [0.2, 0.25) is 0 Å². The summed E-state index contributed by atoms with van der Waals surface area (Å²) < 4.78 is 21.4. The van der Waals surface area contributed by atoms with E-state index in [0.29, 0.717) is 0 Å².